The van der Waals surface area contributed by atoms with E-state index < -0.39 is 0 Å². The van der Waals surface area contributed by atoms with Gasteiger partial charge in [-0.05, 0) is 24.1 Å². The zero-order valence-electron chi connectivity index (χ0n) is 18.4. The fraction of sp³-hybridized carbons (Fsp3) is 0.296. The fourth-order valence-corrected chi connectivity index (χ4v) is 4.47. The molecule has 1 fully saturated rings. The van der Waals surface area contributed by atoms with Gasteiger partial charge in [0, 0.05) is 56.0 Å². The van der Waals surface area contributed by atoms with Crippen LogP contribution >= 0.6 is 0 Å². The summed E-state index contributed by atoms with van der Waals surface area (Å²) in [6.07, 6.45) is 2.19. The van der Waals surface area contributed by atoms with E-state index in [1.165, 1.54) is 0 Å². The van der Waals surface area contributed by atoms with Crippen LogP contribution in [0.5, 0.6) is 0 Å². The molecule has 1 unspecified atom stereocenters. The molecule has 1 saturated heterocycles. The quantitative estimate of drug-likeness (QED) is 0.591. The van der Waals surface area contributed by atoms with Crippen molar-refractivity contribution in [1.82, 2.24) is 14.8 Å². The van der Waals surface area contributed by atoms with Crippen LogP contribution in [-0.4, -0.2) is 46.9 Å². The Morgan fingerprint density at radius 1 is 0.938 bits per heavy atom. The second-order valence-corrected chi connectivity index (χ2v) is 8.20. The summed E-state index contributed by atoms with van der Waals surface area (Å²) >= 11 is 0. The van der Waals surface area contributed by atoms with Crippen LogP contribution in [0.2, 0.25) is 0 Å². The average Bonchev–Trinajstić information content (AvgIpc) is 2.85. The topological polar surface area (TPSA) is 60.2 Å². The highest BCUT2D eigenvalue weighted by Gasteiger charge is 2.29. The maximum Gasteiger partial charge on any atom is 0.223 e. The molecule has 0 bridgehead atoms. The van der Waals surface area contributed by atoms with E-state index in [0.29, 0.717) is 32.6 Å². The summed E-state index contributed by atoms with van der Waals surface area (Å²) in [6, 6.07) is 26.4. The molecule has 0 radical (unpaired) electrons. The molecule has 5 heteroatoms. The average molecular weight is 425 g/mol. The first-order valence-electron chi connectivity index (χ1n) is 11.1. The smallest absolute Gasteiger partial charge is 0.223 e. The predicted octanol–water partition coefficient (Wildman–Crippen LogP) is 4.32. The van der Waals surface area contributed by atoms with Crippen LogP contribution in [0.15, 0.2) is 79.0 Å². The number of carbonyl (C=O) groups is 1. The first-order chi connectivity index (χ1) is 15.7. The van der Waals surface area contributed by atoms with Gasteiger partial charge in [0.1, 0.15) is 6.04 Å². The van der Waals surface area contributed by atoms with E-state index in [-0.39, 0.29) is 17.9 Å². The van der Waals surface area contributed by atoms with E-state index in [9.17, 15) is 10.1 Å². The molecule has 0 saturated carbocycles. The van der Waals surface area contributed by atoms with Gasteiger partial charge in [-0.3, -0.25) is 14.7 Å². The number of nitriles is 1. The van der Waals surface area contributed by atoms with Gasteiger partial charge in [0.25, 0.3) is 0 Å². The highest BCUT2D eigenvalue weighted by Crippen LogP contribution is 2.29. The minimum Gasteiger partial charge on any atom is -0.340 e. The van der Waals surface area contributed by atoms with Gasteiger partial charge in [-0.1, -0.05) is 66.7 Å². The largest absolute Gasteiger partial charge is 0.340 e. The van der Waals surface area contributed by atoms with Crippen molar-refractivity contribution >= 4 is 5.91 Å². The first-order valence-corrected chi connectivity index (χ1v) is 11.1. The molecule has 5 nitrogen and oxygen atoms in total. The predicted molar refractivity (Wildman–Crippen MR) is 125 cm³/mol. The Kier molecular flexibility index (Phi) is 6.94. The molecule has 1 aromatic heterocycles. The van der Waals surface area contributed by atoms with Crippen LogP contribution < -0.4 is 0 Å². The second kappa shape index (κ2) is 10.2. The summed E-state index contributed by atoms with van der Waals surface area (Å²) in [5.74, 6) is 0.196. The van der Waals surface area contributed by atoms with Crippen LogP contribution in [0.25, 0.3) is 0 Å². The van der Waals surface area contributed by atoms with Crippen molar-refractivity contribution in [3.05, 3.63) is 101 Å². The standard InChI is InChI=1S/C27H28N4O/c1-21-24(13-8-14-29-21)26(20-28)30-15-17-31(18-16-30)27(32)19-25(22-9-4-2-5-10-22)23-11-6-3-7-12-23/h2-14,25-26H,15-19H2,1H3. The van der Waals surface area contributed by atoms with Crippen LogP contribution in [0.1, 0.15) is 40.8 Å². The molecule has 1 aliphatic heterocycles. The third-order valence-electron chi connectivity index (χ3n) is 6.28. The molecular weight excluding hydrogens is 396 g/mol. The summed E-state index contributed by atoms with van der Waals surface area (Å²) in [5, 5.41) is 9.80. The molecule has 1 atom stereocenters. The van der Waals surface area contributed by atoms with Gasteiger partial charge in [-0.2, -0.15) is 5.26 Å². The van der Waals surface area contributed by atoms with E-state index >= 15 is 0 Å². The molecule has 2 aromatic carbocycles. The van der Waals surface area contributed by atoms with Crippen LogP contribution in [0.4, 0.5) is 0 Å². The van der Waals surface area contributed by atoms with Gasteiger partial charge in [-0.15, -0.1) is 0 Å². The van der Waals surface area contributed by atoms with E-state index in [1.54, 1.807) is 6.20 Å². The lowest BCUT2D eigenvalue weighted by Crippen LogP contribution is -2.49. The van der Waals surface area contributed by atoms with E-state index in [1.807, 2.05) is 60.4 Å². The number of aryl methyl sites for hydroxylation is 1. The van der Waals surface area contributed by atoms with Gasteiger partial charge in [-0.25, -0.2) is 0 Å². The zero-order valence-corrected chi connectivity index (χ0v) is 18.4. The van der Waals surface area contributed by atoms with Crippen molar-refractivity contribution in [3.63, 3.8) is 0 Å². The maximum atomic E-state index is 13.3. The van der Waals surface area contributed by atoms with Crippen molar-refractivity contribution in [2.45, 2.75) is 25.3 Å². The molecule has 162 valence electrons. The summed E-state index contributed by atoms with van der Waals surface area (Å²) < 4.78 is 0. The summed E-state index contributed by atoms with van der Waals surface area (Å²) in [4.78, 5) is 21.7. The number of aromatic nitrogens is 1. The number of nitrogens with zero attached hydrogens (tertiary/aromatic N) is 4. The van der Waals surface area contributed by atoms with Crippen molar-refractivity contribution < 1.29 is 4.79 Å². The van der Waals surface area contributed by atoms with Crippen molar-refractivity contribution in [2.24, 2.45) is 0 Å². The van der Waals surface area contributed by atoms with Gasteiger partial charge >= 0.3 is 0 Å². The normalized spacial score (nSPS) is 15.3. The molecule has 3 aromatic rings. The number of hydrogen-bond donors (Lipinski definition) is 0. The number of amides is 1. The van der Waals surface area contributed by atoms with E-state index in [4.69, 9.17) is 0 Å². The number of carbonyl (C=O) groups excluding carboxylic acids is 1. The third-order valence-corrected chi connectivity index (χ3v) is 6.28. The van der Waals surface area contributed by atoms with Crippen molar-refractivity contribution in [1.29, 1.82) is 5.26 Å². The molecule has 4 rings (SSSR count). The van der Waals surface area contributed by atoms with Crippen LogP contribution in [0.3, 0.4) is 0 Å². The van der Waals surface area contributed by atoms with Crippen LogP contribution in [-0.2, 0) is 4.79 Å². The van der Waals surface area contributed by atoms with Crippen molar-refractivity contribution in [3.8, 4) is 6.07 Å². The summed E-state index contributed by atoms with van der Waals surface area (Å²) in [6.45, 7) is 4.56. The molecule has 1 aliphatic rings. The Morgan fingerprint density at radius 3 is 2.06 bits per heavy atom. The Balaban J connectivity index is 1.43. The summed E-state index contributed by atoms with van der Waals surface area (Å²) in [7, 11) is 0. The molecule has 0 aliphatic carbocycles. The van der Waals surface area contributed by atoms with Gasteiger partial charge in [0.15, 0.2) is 0 Å². The molecule has 2 heterocycles. The monoisotopic (exact) mass is 424 g/mol. The number of hydrogen-bond acceptors (Lipinski definition) is 4. The molecule has 0 spiro atoms. The number of rotatable bonds is 6. The summed E-state index contributed by atoms with van der Waals surface area (Å²) in [5.41, 5.74) is 4.14. The van der Waals surface area contributed by atoms with E-state index in [2.05, 4.69) is 40.2 Å². The van der Waals surface area contributed by atoms with Crippen LogP contribution in [0, 0.1) is 18.3 Å². The minimum atomic E-state index is -0.331. The van der Waals surface area contributed by atoms with Gasteiger partial charge in [0.05, 0.1) is 6.07 Å². The van der Waals surface area contributed by atoms with Gasteiger partial charge in [0.2, 0.25) is 5.91 Å². The SMILES string of the molecule is Cc1ncccc1C(C#N)N1CCN(C(=O)CC(c2ccccc2)c2ccccc2)CC1. The fourth-order valence-electron chi connectivity index (χ4n) is 4.47. The number of benzene rings is 2. The molecule has 1 amide bonds. The highest BCUT2D eigenvalue weighted by molar-refractivity contribution is 5.78. The Labute approximate surface area is 189 Å². The third kappa shape index (κ3) is 4.87. The molecule has 32 heavy (non-hydrogen) atoms. The Hall–Kier alpha value is -3.49. The molecule has 0 N–H and O–H groups in total. The second-order valence-electron chi connectivity index (χ2n) is 8.20. The van der Waals surface area contributed by atoms with Gasteiger partial charge < -0.3 is 4.90 Å². The Morgan fingerprint density at radius 2 is 1.53 bits per heavy atom. The zero-order chi connectivity index (χ0) is 22.3. The lowest BCUT2D eigenvalue weighted by atomic mass is 9.88. The van der Waals surface area contributed by atoms with E-state index in [0.717, 1.165) is 22.4 Å². The number of pyridine rings is 1. The highest BCUT2D eigenvalue weighted by atomic mass is 16.2. The lowest BCUT2D eigenvalue weighted by molar-refractivity contribution is -0.133. The maximum absolute atomic E-state index is 13.3. The van der Waals surface area contributed by atoms with Crippen molar-refractivity contribution in [2.75, 3.05) is 26.2 Å². The minimum absolute atomic E-state index is 0.0350. The number of piperazine rings is 1. The first kappa shape index (κ1) is 21.7. The Bertz CT molecular complexity index is 1030. The lowest BCUT2D eigenvalue weighted by Gasteiger charge is -2.37. The molecular formula is C27H28N4O.